The van der Waals surface area contributed by atoms with Crippen LogP contribution in [-0.4, -0.2) is 149 Å². The highest BCUT2D eigenvalue weighted by Crippen LogP contribution is 2.43. The van der Waals surface area contributed by atoms with E-state index in [9.17, 15) is 51.6 Å². The average molecular weight is 1330 g/mol. The number of nitrogens with zero attached hydrogens (tertiary/aromatic N) is 9. The maximum Gasteiger partial charge on any atom is 0.268 e. The Morgan fingerprint density at radius 1 is 0.413 bits per heavy atom. The first kappa shape index (κ1) is 66.1. The smallest absolute Gasteiger partial charge is 0.268 e. The molecule has 0 bridgehead atoms. The molecule has 24 heteroatoms. The van der Waals surface area contributed by atoms with Gasteiger partial charge in [0.1, 0.15) is 0 Å². The van der Waals surface area contributed by atoms with Crippen LogP contribution in [0.15, 0.2) is 161 Å². The lowest BCUT2D eigenvalue weighted by molar-refractivity contribution is 0.152. The van der Waals surface area contributed by atoms with E-state index >= 15 is 0 Å². The second-order valence-electron chi connectivity index (χ2n) is 24.3. The highest BCUT2D eigenvalue weighted by Gasteiger charge is 2.35. The summed E-state index contributed by atoms with van der Waals surface area (Å²) in [6, 6.07) is 36.1. The van der Waals surface area contributed by atoms with Gasteiger partial charge in [0.2, 0.25) is 0 Å². The van der Waals surface area contributed by atoms with Gasteiger partial charge in [-0.05, 0) is 143 Å². The molecule has 0 atom stereocenters. The lowest BCUT2D eigenvalue weighted by atomic mass is 10.1. The quantitative estimate of drug-likeness (QED) is 0.0904. The minimum absolute atomic E-state index is 0.0844. The molecule has 6 heterocycles. The number of fused-ring (bicyclic) bond motifs is 3. The van der Waals surface area contributed by atoms with Crippen molar-refractivity contribution >= 4 is 79.8 Å². The largest absolute Gasteiger partial charge is 0.368 e. The summed E-state index contributed by atoms with van der Waals surface area (Å²) in [7, 11) is -12.0. The van der Waals surface area contributed by atoms with Gasteiger partial charge in [-0.2, -0.15) is 0 Å². The van der Waals surface area contributed by atoms with E-state index in [1.54, 1.807) is 118 Å². The Balaban J connectivity index is 0.000000141. The minimum atomic E-state index is -4.01. The predicted octanol–water partition coefficient (Wildman–Crippen LogP) is 13.3. The Morgan fingerprint density at radius 3 is 1.00 bits per heavy atom. The van der Waals surface area contributed by atoms with Crippen LogP contribution in [0, 0.1) is 20.8 Å². The van der Waals surface area contributed by atoms with Crippen molar-refractivity contribution in [3.8, 4) is 0 Å². The molecule has 9 aromatic rings. The third-order valence-corrected chi connectivity index (χ3v) is 23.0. The second-order valence-corrected chi connectivity index (χ2v) is 29.8. The fourth-order valence-corrected chi connectivity index (χ4v) is 17.3. The molecule has 13 rings (SSSR count). The number of benzene rings is 6. The van der Waals surface area contributed by atoms with Crippen molar-refractivity contribution in [3.63, 3.8) is 0 Å². The number of rotatable bonds is 15. The third-order valence-electron chi connectivity index (χ3n) is 18.0. The van der Waals surface area contributed by atoms with Gasteiger partial charge in [-0.3, -0.25) is 9.80 Å². The normalized spacial score (nSPS) is 16.8. The first-order valence-corrected chi connectivity index (χ1v) is 35.4. The number of alkyl halides is 6. The van der Waals surface area contributed by atoms with Gasteiger partial charge in [-0.1, -0.05) is 61.5 Å². The highest BCUT2D eigenvalue weighted by atomic mass is 32.2. The maximum absolute atomic E-state index is 14.1. The van der Waals surface area contributed by atoms with E-state index in [-0.39, 0.29) is 42.4 Å². The van der Waals surface area contributed by atoms with Crippen molar-refractivity contribution in [3.05, 3.63) is 179 Å². The van der Waals surface area contributed by atoms with E-state index in [4.69, 9.17) is 0 Å². The van der Waals surface area contributed by atoms with E-state index < -0.39 is 49.3 Å². The zero-order chi connectivity index (χ0) is 65.6. The van der Waals surface area contributed by atoms with Crippen LogP contribution in [0.4, 0.5) is 43.4 Å². The van der Waals surface area contributed by atoms with Crippen LogP contribution in [0.5, 0.6) is 0 Å². The van der Waals surface area contributed by atoms with Crippen LogP contribution in [0.25, 0.3) is 32.7 Å². The number of aromatic nitrogens is 3. The third kappa shape index (κ3) is 13.3. The molecule has 0 spiro atoms. The minimum Gasteiger partial charge on any atom is -0.368 e. The van der Waals surface area contributed by atoms with Crippen LogP contribution in [0.3, 0.4) is 0 Å². The van der Waals surface area contributed by atoms with E-state index in [1.165, 1.54) is 31.0 Å². The number of hydrogen-bond donors (Lipinski definition) is 0. The van der Waals surface area contributed by atoms with E-state index in [2.05, 4.69) is 50.2 Å². The van der Waals surface area contributed by atoms with Crippen LogP contribution in [0.2, 0.25) is 0 Å². The summed E-state index contributed by atoms with van der Waals surface area (Å²) < 4.78 is 167. The van der Waals surface area contributed by atoms with Gasteiger partial charge in [-0.25, -0.2) is 63.5 Å². The molecular weight excluding hydrogens is 1250 g/mol. The topological polar surface area (TPSA) is 137 Å². The molecule has 0 radical (unpaired) electrons. The van der Waals surface area contributed by atoms with Gasteiger partial charge in [-0.15, -0.1) is 0 Å². The van der Waals surface area contributed by atoms with Crippen molar-refractivity contribution in [1.29, 1.82) is 0 Å². The Labute approximate surface area is 534 Å². The molecule has 4 aliphatic rings. The number of aryl methyl sites for hydroxylation is 3. The standard InChI is InChI=1S/C23H25F2N3O2S.C23H27F2N3O2S.C22H25F2N3O2S/c1-16-4-2-5-18(14-16)31(29,30)28-15-19(23(24)25)22-20(6-3-7-21(22)28)27-12-10-26(11-13-27)17-8-9-17;1-16(2)26-10-12-27(13-11-26)20-8-5-9-21-22(20)19(23(24)25)15-28(21)31(29,30)18-7-4-6-17(3)14-18;1-3-25-10-12-26(13-11-25)19-8-5-9-20-21(19)18(22(23)24)15-27(20)30(28,29)17-7-4-6-16(2)14-17/h2-7,14-15,17,23H,8-13H2,1H3;4-9,14-16,23H,10-13H2,1-3H3;4-9,14-15,22H,3,10-13H2,1-2H3. The molecular formula is C68H77F6N9O6S3. The summed E-state index contributed by atoms with van der Waals surface area (Å²) in [5, 5.41) is 0.953. The summed E-state index contributed by atoms with van der Waals surface area (Å²) in [6.45, 7) is 22.2. The number of likely N-dealkylation sites (N-methyl/N-ethyl adjacent to an activating group) is 1. The molecule has 1 saturated carbocycles. The van der Waals surface area contributed by atoms with Crippen molar-refractivity contribution in [2.24, 2.45) is 0 Å². The Bertz CT molecular complexity index is 4310. The predicted molar refractivity (Wildman–Crippen MR) is 352 cm³/mol. The van der Waals surface area contributed by atoms with Gasteiger partial charge < -0.3 is 19.6 Å². The molecule has 1 aliphatic carbocycles. The van der Waals surface area contributed by atoms with Crippen LogP contribution in [-0.2, 0) is 30.1 Å². The molecule has 0 unspecified atom stereocenters. The second kappa shape index (κ2) is 26.9. The summed E-state index contributed by atoms with van der Waals surface area (Å²) in [5.41, 5.74) is 4.47. The number of anilines is 3. The van der Waals surface area contributed by atoms with E-state index in [1.807, 2.05) is 12.1 Å². The monoisotopic (exact) mass is 1330 g/mol. The molecule has 3 aliphatic heterocycles. The van der Waals surface area contributed by atoms with Crippen LogP contribution in [0.1, 0.15) is 86.3 Å². The maximum atomic E-state index is 14.1. The molecule has 490 valence electrons. The molecule has 3 aromatic heterocycles. The summed E-state index contributed by atoms with van der Waals surface area (Å²) in [6.07, 6.45) is -2.59. The van der Waals surface area contributed by atoms with E-state index in [0.29, 0.717) is 77.0 Å². The molecule has 0 amide bonds. The highest BCUT2D eigenvalue weighted by molar-refractivity contribution is 7.90. The first-order valence-electron chi connectivity index (χ1n) is 31.1. The van der Waals surface area contributed by atoms with Crippen molar-refractivity contribution in [2.45, 2.75) is 100 Å². The van der Waals surface area contributed by atoms with Gasteiger partial charge >= 0.3 is 0 Å². The van der Waals surface area contributed by atoms with Gasteiger partial charge in [0.25, 0.3) is 49.3 Å². The number of halogens is 6. The molecule has 6 aromatic carbocycles. The molecule has 3 saturated heterocycles. The Kier molecular flexibility index (Phi) is 19.4. The fourth-order valence-electron chi connectivity index (χ4n) is 12.9. The Hall–Kier alpha value is -7.35. The molecule has 92 heavy (non-hydrogen) atoms. The van der Waals surface area contributed by atoms with Crippen molar-refractivity contribution in [1.82, 2.24) is 26.6 Å². The zero-order valence-corrected chi connectivity index (χ0v) is 54.8. The van der Waals surface area contributed by atoms with Gasteiger partial charge in [0, 0.05) is 159 Å². The number of piperazine rings is 3. The van der Waals surface area contributed by atoms with Crippen molar-refractivity contribution in [2.75, 3.05) is 99.8 Å². The molecule has 0 N–H and O–H groups in total. The summed E-state index contributed by atoms with van der Waals surface area (Å²) in [4.78, 5) is 13.6. The van der Waals surface area contributed by atoms with E-state index in [0.717, 1.165) is 106 Å². The van der Waals surface area contributed by atoms with Gasteiger partial charge in [0.15, 0.2) is 0 Å². The zero-order valence-electron chi connectivity index (χ0n) is 52.3. The van der Waals surface area contributed by atoms with Gasteiger partial charge in [0.05, 0.1) is 31.2 Å². The first-order chi connectivity index (χ1) is 43.9. The fraction of sp³-hybridized carbons (Fsp3) is 0.382. The summed E-state index contributed by atoms with van der Waals surface area (Å²) in [5.74, 6) is 0. The molecule has 15 nitrogen and oxygen atoms in total. The SMILES string of the molecule is CCN1CCN(c2cccc3c2c(C(F)F)cn3S(=O)(=O)c2cccc(C)c2)CC1.Cc1cccc(S(=O)(=O)n2cc(C(F)F)c3c(N4CCN(C(C)C)CC4)cccc32)c1.Cc1cccc(S(=O)(=O)n2cc(C(F)F)c3c(N4CCN(C5CC5)CC4)cccc32)c1. The number of hydrogen-bond acceptors (Lipinski definition) is 12. The van der Waals surface area contributed by atoms with Crippen LogP contribution < -0.4 is 14.7 Å². The van der Waals surface area contributed by atoms with Crippen LogP contribution >= 0.6 is 0 Å². The Morgan fingerprint density at radius 2 is 0.717 bits per heavy atom. The summed E-state index contributed by atoms with van der Waals surface area (Å²) >= 11 is 0. The molecule has 4 fully saturated rings. The average Bonchev–Trinajstić information content (AvgIpc) is 1.60. The lowest BCUT2D eigenvalue weighted by Gasteiger charge is -2.38. The van der Waals surface area contributed by atoms with Crippen molar-refractivity contribution < 1.29 is 51.6 Å². The lowest BCUT2D eigenvalue weighted by Crippen LogP contribution is -2.49.